The first-order chi connectivity index (χ1) is 5.65. The average molecular weight is 203 g/mol. The van der Waals surface area contributed by atoms with E-state index in [2.05, 4.69) is 0 Å². The molecule has 0 saturated heterocycles. The van der Waals surface area contributed by atoms with Crippen molar-refractivity contribution < 1.29 is 5.11 Å². The minimum atomic E-state index is -0.446. The van der Waals surface area contributed by atoms with Gasteiger partial charge in [0, 0.05) is 4.90 Å². The van der Waals surface area contributed by atoms with Crippen LogP contribution in [0.15, 0.2) is 23.1 Å². The summed E-state index contributed by atoms with van der Waals surface area (Å²) in [5.41, 5.74) is 0.859. The lowest BCUT2D eigenvalue weighted by molar-refractivity contribution is 0.199. The lowest BCUT2D eigenvalue weighted by Gasteiger charge is -2.06. The third-order valence-corrected chi connectivity index (χ3v) is 2.88. The second-order valence-electron chi connectivity index (χ2n) is 2.57. The highest BCUT2D eigenvalue weighted by Gasteiger charge is 2.03. The minimum Gasteiger partial charge on any atom is -0.389 e. The van der Waals surface area contributed by atoms with Gasteiger partial charge >= 0.3 is 0 Å². The molecule has 0 spiro atoms. The molecule has 0 aliphatic heterocycles. The molecule has 0 saturated carbocycles. The summed E-state index contributed by atoms with van der Waals surface area (Å²) in [6.45, 7) is 1.73. The first kappa shape index (κ1) is 9.90. The fourth-order valence-corrected chi connectivity index (χ4v) is 1.82. The molecule has 0 aromatic heterocycles. The first-order valence-corrected chi connectivity index (χ1v) is 5.27. The van der Waals surface area contributed by atoms with Crippen molar-refractivity contribution in [3.63, 3.8) is 0 Å². The second kappa shape index (κ2) is 4.17. The Morgan fingerprint density at radius 3 is 2.58 bits per heavy atom. The summed E-state index contributed by atoms with van der Waals surface area (Å²) in [7, 11) is 0. The summed E-state index contributed by atoms with van der Waals surface area (Å²) < 4.78 is 0. The minimum absolute atomic E-state index is 0.446. The highest BCUT2D eigenvalue weighted by atomic mass is 35.5. The van der Waals surface area contributed by atoms with Crippen molar-refractivity contribution in [1.29, 1.82) is 0 Å². The average Bonchev–Trinajstić information content (AvgIpc) is 2.04. The van der Waals surface area contributed by atoms with Crippen molar-refractivity contribution in [3.8, 4) is 0 Å². The van der Waals surface area contributed by atoms with Crippen LogP contribution in [0.25, 0.3) is 0 Å². The summed E-state index contributed by atoms with van der Waals surface area (Å²) >= 11 is 7.54. The molecule has 0 heterocycles. The molecule has 12 heavy (non-hydrogen) atoms. The number of rotatable bonds is 2. The number of hydrogen-bond donors (Lipinski definition) is 1. The molecule has 0 radical (unpaired) electrons. The molecule has 3 heteroatoms. The van der Waals surface area contributed by atoms with Crippen LogP contribution in [-0.2, 0) is 0 Å². The van der Waals surface area contributed by atoms with E-state index in [1.807, 2.05) is 18.4 Å². The Kier molecular flexibility index (Phi) is 3.44. The van der Waals surface area contributed by atoms with E-state index in [9.17, 15) is 5.11 Å². The Morgan fingerprint density at radius 2 is 2.17 bits per heavy atom. The highest BCUT2D eigenvalue weighted by Crippen LogP contribution is 2.27. The van der Waals surface area contributed by atoms with E-state index in [1.165, 1.54) is 0 Å². The van der Waals surface area contributed by atoms with Gasteiger partial charge in [-0.05, 0) is 30.9 Å². The summed E-state index contributed by atoms with van der Waals surface area (Å²) in [6.07, 6.45) is 1.53. The zero-order valence-corrected chi connectivity index (χ0v) is 8.62. The lowest BCUT2D eigenvalue weighted by atomic mass is 10.1. The Balaban J connectivity index is 3.02. The van der Waals surface area contributed by atoms with Gasteiger partial charge in [0.1, 0.15) is 0 Å². The van der Waals surface area contributed by atoms with Gasteiger partial charge in [-0.15, -0.1) is 11.8 Å². The Labute approximate surface area is 81.7 Å². The third-order valence-electron chi connectivity index (χ3n) is 1.66. The third kappa shape index (κ3) is 2.16. The molecule has 1 aromatic carbocycles. The first-order valence-electron chi connectivity index (χ1n) is 3.66. The van der Waals surface area contributed by atoms with Gasteiger partial charge < -0.3 is 5.11 Å². The van der Waals surface area contributed by atoms with Gasteiger partial charge in [-0.1, -0.05) is 17.7 Å². The Bertz CT molecular complexity index is 273. The van der Waals surface area contributed by atoms with Crippen LogP contribution >= 0.6 is 23.4 Å². The molecule has 0 aliphatic carbocycles. The maximum atomic E-state index is 9.25. The van der Waals surface area contributed by atoms with Gasteiger partial charge in [0.2, 0.25) is 0 Å². The highest BCUT2D eigenvalue weighted by molar-refractivity contribution is 7.98. The number of halogens is 1. The maximum absolute atomic E-state index is 9.25. The van der Waals surface area contributed by atoms with E-state index in [4.69, 9.17) is 11.6 Å². The number of aliphatic hydroxyl groups is 1. The number of benzene rings is 1. The SMILES string of the molecule is CSc1ccc(C(C)O)cc1Cl. The van der Waals surface area contributed by atoms with Gasteiger partial charge in [0.25, 0.3) is 0 Å². The maximum Gasteiger partial charge on any atom is 0.0762 e. The number of hydrogen-bond acceptors (Lipinski definition) is 2. The molecular weight excluding hydrogens is 192 g/mol. The van der Waals surface area contributed by atoms with Crippen molar-refractivity contribution in [3.05, 3.63) is 28.8 Å². The molecule has 1 nitrogen and oxygen atoms in total. The summed E-state index contributed by atoms with van der Waals surface area (Å²) in [4.78, 5) is 1.04. The lowest BCUT2D eigenvalue weighted by Crippen LogP contribution is -1.90. The van der Waals surface area contributed by atoms with E-state index in [-0.39, 0.29) is 0 Å². The van der Waals surface area contributed by atoms with Gasteiger partial charge in [-0.3, -0.25) is 0 Å². The fraction of sp³-hybridized carbons (Fsp3) is 0.333. The van der Waals surface area contributed by atoms with Crippen LogP contribution in [0.1, 0.15) is 18.6 Å². The van der Waals surface area contributed by atoms with Crippen LogP contribution in [-0.4, -0.2) is 11.4 Å². The van der Waals surface area contributed by atoms with Crippen molar-refractivity contribution in [2.24, 2.45) is 0 Å². The van der Waals surface area contributed by atoms with Gasteiger partial charge in [0.15, 0.2) is 0 Å². The molecule has 1 unspecified atom stereocenters. The van der Waals surface area contributed by atoms with Crippen LogP contribution in [0.2, 0.25) is 5.02 Å². The smallest absolute Gasteiger partial charge is 0.0762 e. The largest absolute Gasteiger partial charge is 0.389 e. The van der Waals surface area contributed by atoms with E-state index in [0.717, 1.165) is 10.5 Å². The fourth-order valence-electron chi connectivity index (χ4n) is 0.942. The van der Waals surface area contributed by atoms with Crippen molar-refractivity contribution in [1.82, 2.24) is 0 Å². The predicted octanol–water partition coefficient (Wildman–Crippen LogP) is 3.12. The normalized spacial score (nSPS) is 13.0. The topological polar surface area (TPSA) is 20.2 Å². The summed E-state index contributed by atoms with van der Waals surface area (Å²) in [5, 5.41) is 9.96. The zero-order valence-electron chi connectivity index (χ0n) is 7.04. The van der Waals surface area contributed by atoms with Gasteiger partial charge in [-0.2, -0.15) is 0 Å². The molecule has 1 aromatic rings. The molecule has 0 bridgehead atoms. The van der Waals surface area contributed by atoms with Gasteiger partial charge in [0.05, 0.1) is 11.1 Å². The van der Waals surface area contributed by atoms with Crippen LogP contribution < -0.4 is 0 Å². The van der Waals surface area contributed by atoms with Crippen LogP contribution in [0.4, 0.5) is 0 Å². The second-order valence-corrected chi connectivity index (χ2v) is 3.83. The van der Waals surface area contributed by atoms with E-state index < -0.39 is 6.10 Å². The zero-order chi connectivity index (χ0) is 9.14. The van der Waals surface area contributed by atoms with Gasteiger partial charge in [-0.25, -0.2) is 0 Å². The quantitative estimate of drug-likeness (QED) is 0.744. The number of thioether (sulfide) groups is 1. The Morgan fingerprint density at radius 1 is 1.50 bits per heavy atom. The molecule has 0 amide bonds. The molecule has 1 N–H and O–H groups in total. The van der Waals surface area contributed by atoms with Crippen molar-refractivity contribution in [2.45, 2.75) is 17.9 Å². The molecule has 0 aliphatic rings. The molecular formula is C9H11ClOS. The van der Waals surface area contributed by atoms with E-state index >= 15 is 0 Å². The van der Waals surface area contributed by atoms with Crippen LogP contribution in [0, 0.1) is 0 Å². The van der Waals surface area contributed by atoms with E-state index in [0.29, 0.717) is 5.02 Å². The summed E-state index contributed by atoms with van der Waals surface area (Å²) in [5.74, 6) is 0. The summed E-state index contributed by atoms with van der Waals surface area (Å²) in [6, 6.07) is 5.62. The standard InChI is InChI=1S/C9H11ClOS/c1-6(11)7-3-4-9(12-2)8(10)5-7/h3-6,11H,1-2H3. The monoisotopic (exact) mass is 202 g/mol. The molecule has 66 valence electrons. The Hall–Kier alpha value is -0.180. The molecule has 1 atom stereocenters. The van der Waals surface area contributed by atoms with Crippen LogP contribution in [0.5, 0.6) is 0 Å². The predicted molar refractivity (Wildman–Crippen MR) is 53.9 cm³/mol. The van der Waals surface area contributed by atoms with E-state index in [1.54, 1.807) is 24.8 Å². The number of aliphatic hydroxyl groups excluding tert-OH is 1. The van der Waals surface area contributed by atoms with Crippen LogP contribution in [0.3, 0.4) is 0 Å². The van der Waals surface area contributed by atoms with Crippen molar-refractivity contribution >= 4 is 23.4 Å². The molecule has 0 fully saturated rings. The van der Waals surface area contributed by atoms with Crippen molar-refractivity contribution in [2.75, 3.05) is 6.26 Å². The molecule has 1 rings (SSSR count).